The predicted octanol–water partition coefficient (Wildman–Crippen LogP) is 5.95. The first kappa shape index (κ1) is 34.4. The van der Waals surface area contributed by atoms with E-state index in [9.17, 15) is 9.59 Å². The average molecular weight is 728 g/mol. The number of likely N-dealkylation sites (tertiary alicyclic amines) is 2. The first-order valence-electron chi connectivity index (χ1n) is 19.4. The number of hydrogen-bond donors (Lipinski definition) is 2. The molecule has 1 spiro atoms. The van der Waals surface area contributed by atoms with E-state index in [1.165, 1.54) is 11.1 Å². The van der Waals surface area contributed by atoms with Crippen LogP contribution >= 0.6 is 0 Å². The summed E-state index contributed by atoms with van der Waals surface area (Å²) in [5.41, 5.74) is 8.59. The van der Waals surface area contributed by atoms with E-state index < -0.39 is 0 Å². The highest BCUT2D eigenvalue weighted by Crippen LogP contribution is 2.41. The van der Waals surface area contributed by atoms with Gasteiger partial charge in [-0.3, -0.25) is 9.59 Å². The van der Waals surface area contributed by atoms with Crippen LogP contribution in [0.25, 0.3) is 22.3 Å². The smallest absolute Gasteiger partial charge is 0.274 e. The Bertz CT molecular complexity index is 2210. The molecule has 3 fully saturated rings. The number of rotatable bonds is 9. The molecule has 0 radical (unpaired) electrons. The third-order valence-electron chi connectivity index (χ3n) is 12.1. The van der Waals surface area contributed by atoms with Gasteiger partial charge in [0.25, 0.3) is 5.91 Å². The number of hydrogen-bond acceptors (Lipinski definition) is 8. The summed E-state index contributed by atoms with van der Waals surface area (Å²) in [4.78, 5) is 49.1. The molecule has 2 aromatic carbocycles. The van der Waals surface area contributed by atoms with Crippen molar-refractivity contribution in [1.82, 2.24) is 29.3 Å². The quantitative estimate of drug-likeness (QED) is 0.192. The molecule has 0 bridgehead atoms. The maximum Gasteiger partial charge on any atom is 0.274 e. The van der Waals surface area contributed by atoms with Crippen LogP contribution in [0, 0.1) is 11.3 Å². The number of carbonyl (C=O) groups excluding carboxylic acids is 2. The van der Waals surface area contributed by atoms with E-state index in [-0.39, 0.29) is 11.8 Å². The van der Waals surface area contributed by atoms with Gasteiger partial charge in [-0.15, -0.1) is 0 Å². The molecule has 3 saturated heterocycles. The van der Waals surface area contributed by atoms with Crippen molar-refractivity contribution in [1.29, 1.82) is 0 Å². The molecule has 5 aromatic rings. The summed E-state index contributed by atoms with van der Waals surface area (Å²) in [5.74, 6) is 1.55. The lowest BCUT2D eigenvalue weighted by Crippen LogP contribution is -2.72. The molecule has 9 rings (SSSR count). The number of piperidine rings is 1. The Balaban J connectivity index is 0.918. The van der Waals surface area contributed by atoms with Gasteiger partial charge < -0.3 is 39.2 Å². The summed E-state index contributed by atoms with van der Waals surface area (Å²) in [5, 5.41) is 4.30. The van der Waals surface area contributed by atoms with Gasteiger partial charge in [0, 0.05) is 98.8 Å². The fourth-order valence-corrected chi connectivity index (χ4v) is 9.41. The molecule has 2 amide bonds. The van der Waals surface area contributed by atoms with Crippen LogP contribution in [-0.2, 0) is 24.2 Å². The van der Waals surface area contributed by atoms with Gasteiger partial charge in [0.2, 0.25) is 11.9 Å². The number of methoxy groups -OCH3 is 1. The van der Waals surface area contributed by atoms with E-state index >= 15 is 0 Å². The van der Waals surface area contributed by atoms with Crippen LogP contribution in [0.2, 0.25) is 0 Å². The van der Waals surface area contributed by atoms with Crippen LogP contribution < -0.4 is 19.9 Å². The van der Waals surface area contributed by atoms with E-state index in [4.69, 9.17) is 14.7 Å². The largest absolute Gasteiger partial charge is 0.494 e. The van der Waals surface area contributed by atoms with Gasteiger partial charge in [0.15, 0.2) is 0 Å². The van der Waals surface area contributed by atoms with Crippen molar-refractivity contribution in [3.8, 4) is 17.0 Å². The number of aromatic amines is 1. The molecule has 2 N–H and O–H groups in total. The number of aromatic nitrogens is 4. The molecule has 0 atom stereocenters. The zero-order valence-electron chi connectivity index (χ0n) is 31.7. The lowest BCUT2D eigenvalue weighted by molar-refractivity contribution is -0.161. The number of aryl methyl sites for hydroxylation is 2. The van der Waals surface area contributed by atoms with Crippen LogP contribution in [0.15, 0.2) is 60.9 Å². The molecule has 7 heterocycles. The number of nitrogens with one attached hydrogen (secondary N) is 2. The van der Waals surface area contributed by atoms with Crippen LogP contribution in [0.5, 0.6) is 5.75 Å². The van der Waals surface area contributed by atoms with Crippen molar-refractivity contribution in [2.75, 3.05) is 75.1 Å². The maximum atomic E-state index is 14.1. The van der Waals surface area contributed by atoms with Crippen LogP contribution in [0.4, 0.5) is 23.0 Å². The van der Waals surface area contributed by atoms with E-state index in [0.717, 1.165) is 98.7 Å². The number of anilines is 4. The van der Waals surface area contributed by atoms with Crippen molar-refractivity contribution in [3.63, 3.8) is 0 Å². The van der Waals surface area contributed by atoms with Gasteiger partial charge in [-0.2, -0.15) is 4.98 Å². The lowest BCUT2D eigenvalue weighted by atomic mass is 9.72. The third-order valence-corrected chi connectivity index (χ3v) is 12.1. The molecule has 280 valence electrons. The Morgan fingerprint density at radius 2 is 1.72 bits per heavy atom. The van der Waals surface area contributed by atoms with Gasteiger partial charge in [-0.05, 0) is 68.1 Å². The normalized spacial score (nSPS) is 18.5. The first-order chi connectivity index (χ1) is 26.3. The van der Waals surface area contributed by atoms with Crippen molar-refractivity contribution >= 4 is 45.9 Å². The Hall–Kier alpha value is -5.36. The number of carbonyl (C=O) groups is 2. The fraction of sp³-hybridized carbons (Fsp3) is 0.429. The maximum absolute atomic E-state index is 14.1. The highest BCUT2D eigenvalue weighted by molar-refractivity contribution is 6.08. The SMILES string of the molecule is CCc1cccc(CC)c1N1CCn2cc(-c3nc(Nc4ccc(N5CCC(C(=O)N6CC7(CN(C)C7)C6)CC5)cc4OC)nc4[nH]ccc34)cc2C1=O. The Kier molecular flexibility index (Phi) is 8.60. The van der Waals surface area contributed by atoms with Gasteiger partial charge in [0.1, 0.15) is 17.1 Å². The van der Waals surface area contributed by atoms with Gasteiger partial charge in [-0.25, -0.2) is 4.98 Å². The molecule has 3 aromatic heterocycles. The van der Waals surface area contributed by atoms with E-state index in [1.54, 1.807) is 7.11 Å². The zero-order valence-corrected chi connectivity index (χ0v) is 31.7. The molecule has 4 aliphatic heterocycles. The first-order valence-corrected chi connectivity index (χ1v) is 19.4. The van der Waals surface area contributed by atoms with Crippen LogP contribution in [-0.4, -0.2) is 101 Å². The number of fused-ring (bicyclic) bond motifs is 2. The molecule has 12 nitrogen and oxygen atoms in total. The minimum Gasteiger partial charge on any atom is -0.494 e. The highest BCUT2D eigenvalue weighted by Gasteiger charge is 2.52. The highest BCUT2D eigenvalue weighted by atomic mass is 16.5. The minimum atomic E-state index is 0.00711. The van der Waals surface area contributed by atoms with Crippen molar-refractivity contribution in [2.24, 2.45) is 11.3 Å². The molecule has 4 aliphatic rings. The molecule has 0 unspecified atom stereocenters. The summed E-state index contributed by atoms with van der Waals surface area (Å²) in [6.45, 7) is 11.3. The molecule has 12 heteroatoms. The number of benzene rings is 2. The molecular weight excluding hydrogens is 679 g/mol. The van der Waals surface area contributed by atoms with Crippen molar-refractivity contribution < 1.29 is 14.3 Å². The second kappa shape index (κ2) is 13.5. The molecule has 0 aliphatic carbocycles. The van der Waals surface area contributed by atoms with Gasteiger partial charge >= 0.3 is 0 Å². The van der Waals surface area contributed by atoms with E-state index in [2.05, 4.69) is 74.7 Å². The Labute approximate surface area is 316 Å². The summed E-state index contributed by atoms with van der Waals surface area (Å²) in [6, 6.07) is 16.4. The van der Waals surface area contributed by atoms with Crippen LogP contribution in [0.3, 0.4) is 0 Å². The summed E-state index contributed by atoms with van der Waals surface area (Å²) >= 11 is 0. The lowest BCUT2D eigenvalue weighted by Gasteiger charge is -2.60. The molecule has 54 heavy (non-hydrogen) atoms. The molecule has 0 saturated carbocycles. The van der Waals surface area contributed by atoms with Crippen LogP contribution in [0.1, 0.15) is 48.3 Å². The van der Waals surface area contributed by atoms with Gasteiger partial charge in [0.05, 0.1) is 24.2 Å². The summed E-state index contributed by atoms with van der Waals surface area (Å²) < 4.78 is 7.93. The molecular formula is C42H49N9O3. The fourth-order valence-electron chi connectivity index (χ4n) is 9.41. The second-order valence-electron chi connectivity index (χ2n) is 15.7. The Morgan fingerprint density at radius 3 is 2.43 bits per heavy atom. The van der Waals surface area contributed by atoms with E-state index in [1.807, 2.05) is 41.6 Å². The number of ether oxygens (including phenoxy) is 1. The topological polar surface area (TPSA) is 115 Å². The average Bonchev–Trinajstić information content (AvgIpc) is 3.83. The number of H-pyrrole nitrogens is 1. The number of para-hydroxylation sites is 1. The zero-order chi connectivity index (χ0) is 37.1. The second-order valence-corrected chi connectivity index (χ2v) is 15.7. The standard InChI is InChI=1S/C42H49N9O3/c1-5-27-8-7-9-28(6-2)37(27)51-19-18-49-22-30(20-34(49)40(51)53)36-32-12-15-43-38(32)46-41(45-36)44-33-11-10-31(21-35(33)54-4)48-16-13-29(14-17-48)39(52)50-25-42(26-50)23-47(3)24-42/h7-12,15,20-22,29H,5-6,13-14,16-19,23-26H2,1-4H3,(H2,43,44,45,46). The van der Waals surface area contributed by atoms with E-state index in [0.29, 0.717) is 47.5 Å². The number of amides is 2. The number of nitrogens with zero attached hydrogens (tertiary/aromatic N) is 7. The van der Waals surface area contributed by atoms with Crippen molar-refractivity contribution in [2.45, 2.75) is 46.1 Å². The third kappa shape index (κ3) is 5.87. The monoisotopic (exact) mass is 727 g/mol. The Morgan fingerprint density at radius 1 is 0.963 bits per heavy atom. The van der Waals surface area contributed by atoms with Gasteiger partial charge in [-0.1, -0.05) is 32.0 Å². The summed E-state index contributed by atoms with van der Waals surface area (Å²) in [6.07, 6.45) is 7.35. The van der Waals surface area contributed by atoms with Crippen molar-refractivity contribution in [3.05, 3.63) is 77.7 Å². The minimum absolute atomic E-state index is 0.00711. The summed E-state index contributed by atoms with van der Waals surface area (Å²) in [7, 11) is 3.82. The predicted molar refractivity (Wildman–Crippen MR) is 212 cm³/mol.